The van der Waals surface area contributed by atoms with Gasteiger partial charge in [-0.1, -0.05) is 5.92 Å². The van der Waals surface area contributed by atoms with Gasteiger partial charge in [0.05, 0.1) is 24.0 Å². The maximum atomic E-state index is 15.1. The third-order valence-electron chi connectivity index (χ3n) is 5.92. The molecule has 1 aromatic carbocycles. The van der Waals surface area contributed by atoms with E-state index in [-0.39, 0.29) is 34.7 Å². The highest BCUT2D eigenvalue weighted by Gasteiger charge is 2.32. The van der Waals surface area contributed by atoms with Crippen molar-refractivity contribution >= 4 is 31.7 Å². The number of rotatable bonds is 5. The third kappa shape index (κ3) is 3.78. The second-order valence-corrected chi connectivity index (χ2v) is 10.6. The summed E-state index contributed by atoms with van der Waals surface area (Å²) in [5.41, 5.74) is 11.7. The van der Waals surface area contributed by atoms with E-state index in [1.165, 1.54) is 12.4 Å². The average molecular weight is 471 g/mol. The van der Waals surface area contributed by atoms with Gasteiger partial charge in [-0.05, 0) is 24.8 Å². The lowest BCUT2D eigenvalue weighted by Crippen LogP contribution is -2.30. The number of imidazole rings is 1. The number of fused-ring (bicyclic) bond motifs is 1. The molecule has 9 nitrogen and oxygen atoms in total. The van der Waals surface area contributed by atoms with E-state index in [1.807, 2.05) is 0 Å². The Hall–Kier alpha value is -3.27. The van der Waals surface area contributed by atoms with Crippen molar-refractivity contribution in [3.05, 3.63) is 40.8 Å². The van der Waals surface area contributed by atoms with E-state index in [2.05, 4.69) is 27.2 Å². The van der Waals surface area contributed by atoms with Crippen LogP contribution in [0, 0.1) is 23.5 Å². The molecule has 1 radical (unpaired) electrons. The van der Waals surface area contributed by atoms with E-state index in [0.29, 0.717) is 18.3 Å². The van der Waals surface area contributed by atoms with Gasteiger partial charge in [0.25, 0.3) is 5.91 Å². The number of hydrogen-bond acceptors (Lipinski definition) is 6. The van der Waals surface area contributed by atoms with Crippen molar-refractivity contribution in [2.24, 2.45) is 5.73 Å². The Labute approximate surface area is 189 Å². The van der Waals surface area contributed by atoms with Crippen LogP contribution in [0.4, 0.5) is 14.6 Å². The minimum Gasteiger partial charge on any atom is -0.384 e. The first-order valence-electron chi connectivity index (χ1n) is 10.5. The molecule has 1 atom stereocenters. The molecule has 5 N–H and O–H groups in total. The van der Waals surface area contributed by atoms with E-state index in [0.717, 1.165) is 18.9 Å². The molecule has 1 aliphatic carbocycles. The number of carbonyl (C=O) groups is 1. The van der Waals surface area contributed by atoms with E-state index in [4.69, 9.17) is 16.2 Å². The van der Waals surface area contributed by atoms with Crippen molar-refractivity contribution in [3.8, 4) is 11.8 Å². The lowest BCUT2D eigenvalue weighted by molar-refractivity contribution is 0.100. The number of hydrogen-bond donors (Lipinski definition) is 3. The summed E-state index contributed by atoms with van der Waals surface area (Å²) in [6.45, 7) is 0.544. The number of aromatic nitrogens is 4. The highest BCUT2D eigenvalue weighted by molar-refractivity contribution is 6.58. The summed E-state index contributed by atoms with van der Waals surface area (Å²) in [4.78, 5) is 16.2. The lowest BCUT2D eigenvalue weighted by Gasteiger charge is -2.10. The van der Waals surface area contributed by atoms with Crippen molar-refractivity contribution in [1.29, 1.82) is 0 Å². The Morgan fingerprint density at radius 1 is 1.39 bits per heavy atom. The summed E-state index contributed by atoms with van der Waals surface area (Å²) in [6.07, 6.45) is 4.10. The Morgan fingerprint density at radius 3 is 2.88 bits per heavy atom. The number of halogens is 2. The minimum absolute atomic E-state index is 0.00454. The largest absolute Gasteiger partial charge is 0.384 e. The summed E-state index contributed by atoms with van der Waals surface area (Å²) in [6, 6.07) is 2.40. The Bertz CT molecular complexity index is 1320. The smallest absolute Gasteiger partial charge is 0.255 e. The van der Waals surface area contributed by atoms with E-state index in [9.17, 15) is 9.18 Å². The van der Waals surface area contributed by atoms with Crippen molar-refractivity contribution < 1.29 is 18.3 Å². The van der Waals surface area contributed by atoms with Crippen LogP contribution in [0.25, 0.3) is 11.0 Å². The van der Waals surface area contributed by atoms with Gasteiger partial charge in [0.1, 0.15) is 28.4 Å². The number of nitrogens with one attached hydrogen (secondary N) is 1. The van der Waals surface area contributed by atoms with E-state index in [1.54, 1.807) is 16.0 Å². The standard InChI is InChI=1S/C21H22F2N7O2Si/c1-32-7-11-8-33(10-27-11)30-20(24)17(21(25)31)15(28-30)5-4-13-14(22)6-16-19(18(13)23)26-9-29(16)12-2-3-12/h6,9,11-12,27H,2-3,7-8,10,24H2,1H3,(H2,25,31)/t11-/m0/s1. The van der Waals surface area contributed by atoms with Crippen LogP contribution < -0.4 is 16.8 Å². The van der Waals surface area contributed by atoms with Crippen molar-refractivity contribution in [1.82, 2.24) is 24.3 Å². The monoisotopic (exact) mass is 470 g/mol. The molecule has 1 saturated heterocycles. The molecule has 0 bridgehead atoms. The molecule has 12 heteroatoms. The molecular formula is C21H22F2N7O2Si. The van der Waals surface area contributed by atoms with Gasteiger partial charge in [0.15, 0.2) is 5.82 Å². The molecular weight excluding hydrogens is 448 g/mol. The first kappa shape index (κ1) is 21.6. The molecule has 3 heterocycles. The van der Waals surface area contributed by atoms with Gasteiger partial charge < -0.3 is 26.1 Å². The van der Waals surface area contributed by atoms with Crippen LogP contribution in [0.3, 0.4) is 0 Å². The second-order valence-electron chi connectivity index (χ2n) is 8.24. The molecule has 0 spiro atoms. The van der Waals surface area contributed by atoms with Crippen LogP contribution in [-0.4, -0.2) is 59.8 Å². The summed E-state index contributed by atoms with van der Waals surface area (Å²) in [5, 5.41) is 7.74. The fraction of sp³-hybridized carbons (Fsp3) is 0.381. The van der Waals surface area contributed by atoms with Crippen LogP contribution in [0.5, 0.6) is 0 Å². The number of methoxy groups -OCH3 is 1. The molecule has 2 aromatic heterocycles. The van der Waals surface area contributed by atoms with Gasteiger partial charge in [-0.3, -0.25) is 9.14 Å². The Kier molecular flexibility index (Phi) is 5.39. The molecule has 0 unspecified atom stereocenters. The maximum absolute atomic E-state index is 15.1. The number of benzene rings is 1. The van der Waals surface area contributed by atoms with Gasteiger partial charge in [0, 0.05) is 31.4 Å². The Balaban J connectivity index is 1.52. The SMILES string of the molecule is COC[C@H]1C[Si](n2nc(C#Cc3c(F)cc4c(ncn4C4CC4)c3F)c(C(N)=O)c2N)CN1. The average Bonchev–Trinajstić information content (AvgIpc) is 3.20. The summed E-state index contributed by atoms with van der Waals surface area (Å²) in [7, 11) is 0.327. The van der Waals surface area contributed by atoms with Gasteiger partial charge in [-0.15, -0.1) is 0 Å². The summed E-state index contributed by atoms with van der Waals surface area (Å²) >= 11 is 0. The third-order valence-corrected chi connectivity index (χ3v) is 8.44. The lowest BCUT2D eigenvalue weighted by atomic mass is 10.1. The van der Waals surface area contributed by atoms with Gasteiger partial charge in [-0.2, -0.15) is 5.10 Å². The summed E-state index contributed by atoms with van der Waals surface area (Å²) in [5.74, 6) is 2.75. The normalized spacial score (nSPS) is 18.6. The molecule has 1 aliphatic heterocycles. The van der Waals surface area contributed by atoms with Crippen molar-refractivity contribution in [2.75, 3.05) is 25.6 Å². The van der Waals surface area contributed by atoms with Gasteiger partial charge in [0.2, 0.25) is 8.96 Å². The van der Waals surface area contributed by atoms with E-state index < -0.39 is 32.1 Å². The van der Waals surface area contributed by atoms with E-state index >= 15 is 4.39 Å². The number of nitrogens with two attached hydrogens (primary N) is 2. The highest BCUT2D eigenvalue weighted by Crippen LogP contribution is 2.38. The van der Waals surface area contributed by atoms with Gasteiger partial charge >= 0.3 is 0 Å². The quantitative estimate of drug-likeness (QED) is 0.376. The fourth-order valence-corrected chi connectivity index (χ4v) is 6.67. The summed E-state index contributed by atoms with van der Waals surface area (Å²) < 4.78 is 38.4. The van der Waals surface area contributed by atoms with Crippen molar-refractivity contribution in [2.45, 2.75) is 31.0 Å². The molecule has 2 fully saturated rings. The zero-order valence-corrected chi connectivity index (χ0v) is 18.9. The minimum atomic E-state index is -1.30. The topological polar surface area (TPSA) is 126 Å². The Morgan fingerprint density at radius 2 is 2.18 bits per heavy atom. The highest BCUT2D eigenvalue weighted by atomic mass is 28.3. The van der Waals surface area contributed by atoms with Gasteiger partial charge in [-0.25, -0.2) is 13.8 Å². The van der Waals surface area contributed by atoms with Crippen molar-refractivity contribution in [3.63, 3.8) is 0 Å². The number of ether oxygens (including phenoxy) is 1. The predicted molar refractivity (Wildman–Crippen MR) is 119 cm³/mol. The molecule has 1 saturated carbocycles. The molecule has 3 aromatic rings. The van der Waals surface area contributed by atoms with Crippen LogP contribution >= 0.6 is 0 Å². The van der Waals surface area contributed by atoms with Crippen LogP contribution in [0.2, 0.25) is 6.04 Å². The number of nitrogen functional groups attached to an aromatic ring is 1. The zero-order valence-electron chi connectivity index (χ0n) is 17.9. The maximum Gasteiger partial charge on any atom is 0.255 e. The number of nitrogens with zero attached hydrogens (tertiary/aromatic N) is 4. The molecule has 33 heavy (non-hydrogen) atoms. The molecule has 171 valence electrons. The zero-order chi connectivity index (χ0) is 23.3. The van der Waals surface area contributed by atoms with Crippen LogP contribution in [0.1, 0.15) is 40.5 Å². The molecule has 2 aliphatic rings. The van der Waals surface area contributed by atoms with Crippen LogP contribution in [-0.2, 0) is 4.74 Å². The molecule has 1 amide bonds. The fourth-order valence-electron chi connectivity index (χ4n) is 4.15. The first-order valence-corrected chi connectivity index (χ1v) is 12.4. The molecule has 5 rings (SSSR count). The second kappa shape index (κ2) is 8.25. The number of primary amides is 1. The number of anilines is 1. The first-order chi connectivity index (χ1) is 15.9. The predicted octanol–water partition coefficient (Wildman–Crippen LogP) is 0.924. The number of amides is 1. The van der Waals surface area contributed by atoms with Crippen LogP contribution in [0.15, 0.2) is 12.4 Å². The number of carbonyl (C=O) groups excluding carboxylic acids is 1.